The number of pyridine rings is 1. The number of nitrogens with zero attached hydrogens (tertiary/aromatic N) is 2. The monoisotopic (exact) mass is 394 g/mol. The summed E-state index contributed by atoms with van der Waals surface area (Å²) in [6.45, 7) is 8.18. The van der Waals surface area contributed by atoms with Crippen LogP contribution >= 0.6 is 0 Å². The molecule has 3 heteroatoms. The first-order valence-electron chi connectivity index (χ1n) is 11.6. The number of likely N-dealkylation sites (tertiary alicyclic amines) is 1. The zero-order valence-corrected chi connectivity index (χ0v) is 18.4. The van der Waals surface area contributed by atoms with Crippen molar-refractivity contribution in [1.29, 1.82) is 0 Å². The SMILES string of the molecule is C/C=C1\CN(CCCCCCC)CC[C@H]1CCCc1ccnc2ccc(O)cc12. The van der Waals surface area contributed by atoms with E-state index in [2.05, 4.69) is 35.9 Å². The van der Waals surface area contributed by atoms with E-state index >= 15 is 0 Å². The van der Waals surface area contributed by atoms with E-state index < -0.39 is 0 Å². The van der Waals surface area contributed by atoms with E-state index in [1.54, 1.807) is 11.6 Å². The molecule has 158 valence electrons. The molecule has 1 aromatic carbocycles. The summed E-state index contributed by atoms with van der Waals surface area (Å²) in [6.07, 6.45) is 15.9. The average molecular weight is 395 g/mol. The highest BCUT2D eigenvalue weighted by atomic mass is 16.3. The van der Waals surface area contributed by atoms with Crippen LogP contribution in [0.1, 0.15) is 70.8 Å². The van der Waals surface area contributed by atoms with Crippen LogP contribution < -0.4 is 0 Å². The average Bonchev–Trinajstić information content (AvgIpc) is 2.74. The Bertz CT molecular complexity index is 798. The third kappa shape index (κ3) is 6.30. The Morgan fingerprint density at radius 1 is 1.14 bits per heavy atom. The molecule has 0 radical (unpaired) electrons. The second-order valence-electron chi connectivity index (χ2n) is 8.60. The van der Waals surface area contributed by atoms with E-state index in [1.165, 1.54) is 76.6 Å². The minimum Gasteiger partial charge on any atom is -0.508 e. The van der Waals surface area contributed by atoms with Gasteiger partial charge in [0.05, 0.1) is 5.52 Å². The lowest BCUT2D eigenvalue weighted by Crippen LogP contribution is -2.36. The normalized spacial score (nSPS) is 19.2. The number of aromatic nitrogens is 1. The first kappa shape index (κ1) is 21.8. The number of allylic oxidation sites excluding steroid dienone is 1. The van der Waals surface area contributed by atoms with Gasteiger partial charge in [0, 0.05) is 18.1 Å². The van der Waals surface area contributed by atoms with E-state index in [4.69, 9.17) is 0 Å². The van der Waals surface area contributed by atoms with Crippen LogP contribution in [0.4, 0.5) is 0 Å². The van der Waals surface area contributed by atoms with Crippen molar-refractivity contribution in [2.75, 3.05) is 19.6 Å². The first-order chi connectivity index (χ1) is 14.2. The highest BCUT2D eigenvalue weighted by molar-refractivity contribution is 5.83. The van der Waals surface area contributed by atoms with Crippen LogP contribution in [0.2, 0.25) is 0 Å². The number of piperidine rings is 1. The van der Waals surface area contributed by atoms with Gasteiger partial charge in [-0.2, -0.15) is 0 Å². The Kier molecular flexibility index (Phi) is 8.54. The number of benzene rings is 1. The van der Waals surface area contributed by atoms with Gasteiger partial charge in [-0.3, -0.25) is 9.88 Å². The first-order valence-corrected chi connectivity index (χ1v) is 11.6. The maximum atomic E-state index is 9.84. The zero-order chi connectivity index (χ0) is 20.5. The fourth-order valence-electron chi connectivity index (χ4n) is 4.72. The van der Waals surface area contributed by atoms with Crippen LogP contribution in [-0.4, -0.2) is 34.6 Å². The number of unbranched alkanes of at least 4 members (excludes halogenated alkanes) is 4. The number of rotatable bonds is 10. The molecule has 0 aliphatic carbocycles. The van der Waals surface area contributed by atoms with E-state index in [9.17, 15) is 5.11 Å². The molecule has 1 aromatic heterocycles. The lowest BCUT2D eigenvalue weighted by atomic mass is 9.86. The number of aromatic hydroxyl groups is 1. The summed E-state index contributed by atoms with van der Waals surface area (Å²) in [5, 5.41) is 10.9. The maximum Gasteiger partial charge on any atom is 0.116 e. The minimum absolute atomic E-state index is 0.324. The molecule has 0 saturated carbocycles. The van der Waals surface area contributed by atoms with Crippen LogP contribution in [0.3, 0.4) is 0 Å². The highest BCUT2D eigenvalue weighted by Gasteiger charge is 2.22. The van der Waals surface area contributed by atoms with Crippen molar-refractivity contribution < 1.29 is 5.11 Å². The van der Waals surface area contributed by atoms with E-state index in [-0.39, 0.29) is 0 Å². The molecule has 3 nitrogen and oxygen atoms in total. The molecule has 0 amide bonds. The number of phenols is 1. The van der Waals surface area contributed by atoms with Gasteiger partial charge < -0.3 is 5.11 Å². The lowest BCUT2D eigenvalue weighted by Gasteiger charge is -2.34. The zero-order valence-electron chi connectivity index (χ0n) is 18.4. The van der Waals surface area contributed by atoms with Crippen molar-refractivity contribution in [3.8, 4) is 5.75 Å². The fourth-order valence-corrected chi connectivity index (χ4v) is 4.72. The van der Waals surface area contributed by atoms with Crippen molar-refractivity contribution in [3.05, 3.63) is 47.7 Å². The molecule has 3 rings (SSSR count). The largest absolute Gasteiger partial charge is 0.508 e. The molecule has 29 heavy (non-hydrogen) atoms. The molecule has 2 heterocycles. The maximum absolute atomic E-state index is 9.84. The quantitative estimate of drug-likeness (QED) is 0.369. The molecule has 0 bridgehead atoms. The van der Waals surface area contributed by atoms with Crippen molar-refractivity contribution in [3.63, 3.8) is 0 Å². The van der Waals surface area contributed by atoms with Gasteiger partial charge in [-0.15, -0.1) is 0 Å². The smallest absolute Gasteiger partial charge is 0.116 e. The summed E-state index contributed by atoms with van der Waals surface area (Å²) in [6, 6.07) is 7.59. The number of hydrogen-bond acceptors (Lipinski definition) is 3. The van der Waals surface area contributed by atoms with Gasteiger partial charge in [-0.25, -0.2) is 0 Å². The number of hydrogen-bond donors (Lipinski definition) is 1. The summed E-state index contributed by atoms with van der Waals surface area (Å²) >= 11 is 0. The Morgan fingerprint density at radius 3 is 2.83 bits per heavy atom. The van der Waals surface area contributed by atoms with Gasteiger partial charge in [-0.05, 0) is 87.9 Å². The molecular formula is C26H38N2O. The van der Waals surface area contributed by atoms with E-state index in [0.717, 1.165) is 23.2 Å². The number of fused-ring (bicyclic) bond motifs is 1. The molecule has 1 saturated heterocycles. The van der Waals surface area contributed by atoms with Gasteiger partial charge >= 0.3 is 0 Å². The molecule has 0 unspecified atom stereocenters. The Labute approximate surface area is 176 Å². The predicted octanol–water partition coefficient (Wildman–Crippen LogP) is 6.50. The van der Waals surface area contributed by atoms with Gasteiger partial charge in [0.15, 0.2) is 0 Å². The summed E-state index contributed by atoms with van der Waals surface area (Å²) in [7, 11) is 0. The molecular weight excluding hydrogens is 356 g/mol. The van der Waals surface area contributed by atoms with Crippen molar-refractivity contribution in [1.82, 2.24) is 9.88 Å². The molecule has 1 N–H and O–H groups in total. The molecule has 1 aliphatic heterocycles. The number of aryl methyl sites for hydroxylation is 1. The molecule has 1 aliphatic rings. The van der Waals surface area contributed by atoms with Gasteiger partial charge in [0.25, 0.3) is 0 Å². The predicted molar refractivity (Wildman–Crippen MR) is 123 cm³/mol. The molecule has 2 aromatic rings. The summed E-state index contributed by atoms with van der Waals surface area (Å²) < 4.78 is 0. The van der Waals surface area contributed by atoms with Crippen molar-refractivity contribution in [2.45, 2.75) is 71.6 Å². The number of phenolic OH excluding ortho intramolecular Hbond substituents is 1. The van der Waals surface area contributed by atoms with Gasteiger partial charge in [-0.1, -0.05) is 44.3 Å². The van der Waals surface area contributed by atoms with Crippen LogP contribution in [0.15, 0.2) is 42.1 Å². The van der Waals surface area contributed by atoms with Crippen molar-refractivity contribution >= 4 is 10.9 Å². The third-order valence-electron chi connectivity index (χ3n) is 6.49. The summed E-state index contributed by atoms with van der Waals surface area (Å²) in [5.74, 6) is 1.06. The Morgan fingerprint density at radius 2 is 2.00 bits per heavy atom. The van der Waals surface area contributed by atoms with Crippen LogP contribution in [-0.2, 0) is 6.42 Å². The minimum atomic E-state index is 0.324. The van der Waals surface area contributed by atoms with E-state index in [0.29, 0.717) is 5.75 Å². The second kappa shape index (κ2) is 11.3. The van der Waals surface area contributed by atoms with Crippen LogP contribution in [0.25, 0.3) is 10.9 Å². The van der Waals surface area contributed by atoms with Crippen LogP contribution in [0, 0.1) is 5.92 Å². The van der Waals surface area contributed by atoms with Crippen molar-refractivity contribution in [2.24, 2.45) is 5.92 Å². The third-order valence-corrected chi connectivity index (χ3v) is 6.49. The lowest BCUT2D eigenvalue weighted by molar-refractivity contribution is 0.223. The highest BCUT2D eigenvalue weighted by Crippen LogP contribution is 2.29. The van der Waals surface area contributed by atoms with E-state index in [1.807, 2.05) is 18.3 Å². The van der Waals surface area contributed by atoms with Crippen LogP contribution in [0.5, 0.6) is 5.75 Å². The van der Waals surface area contributed by atoms with Gasteiger partial charge in [0.2, 0.25) is 0 Å². The Balaban J connectivity index is 1.47. The topological polar surface area (TPSA) is 36.4 Å². The van der Waals surface area contributed by atoms with Gasteiger partial charge in [0.1, 0.15) is 5.75 Å². The fraction of sp³-hybridized carbons (Fsp3) is 0.577. The Hall–Kier alpha value is -1.87. The summed E-state index contributed by atoms with van der Waals surface area (Å²) in [4.78, 5) is 7.09. The molecule has 1 atom stereocenters. The summed E-state index contributed by atoms with van der Waals surface area (Å²) in [5.41, 5.74) is 3.92. The standard InChI is InChI=1S/C26H38N2O/c1-3-5-6-7-8-17-28-18-15-22(21(4-2)20-28)10-9-11-23-14-16-27-26-13-12-24(29)19-25(23)26/h4,12-14,16,19,22,29H,3,5-11,15,17-18,20H2,1-2H3/b21-4+/t22-/m1/s1. The second-order valence-corrected chi connectivity index (χ2v) is 8.60. The molecule has 0 spiro atoms. The molecule has 1 fully saturated rings.